The Bertz CT molecular complexity index is 303. The molecule has 0 aliphatic heterocycles. The van der Waals surface area contributed by atoms with Gasteiger partial charge in [0.15, 0.2) is 0 Å². The van der Waals surface area contributed by atoms with Crippen molar-refractivity contribution in [3.8, 4) is 0 Å². The van der Waals surface area contributed by atoms with Crippen molar-refractivity contribution in [3.05, 3.63) is 0 Å². The molecule has 1 N–H and O–H groups in total. The van der Waals surface area contributed by atoms with Crippen LogP contribution >= 0.6 is 0 Å². The number of alkyl halides is 3. The highest BCUT2D eigenvalue weighted by molar-refractivity contribution is 6.35. The van der Waals surface area contributed by atoms with E-state index >= 15 is 0 Å². The molecule has 0 aromatic rings. The van der Waals surface area contributed by atoms with Crippen LogP contribution in [0.2, 0.25) is 0 Å². The van der Waals surface area contributed by atoms with Gasteiger partial charge in [-0.2, -0.15) is 13.2 Å². The van der Waals surface area contributed by atoms with Crippen LogP contribution in [-0.4, -0.2) is 28.8 Å². The van der Waals surface area contributed by atoms with Crippen molar-refractivity contribution in [1.29, 1.82) is 0 Å². The van der Waals surface area contributed by atoms with E-state index in [1.807, 2.05) is 0 Å². The summed E-state index contributed by atoms with van der Waals surface area (Å²) in [6.45, 7) is 1.96. The molecule has 7 heteroatoms. The molecule has 0 bridgehead atoms. The zero-order valence-electron chi connectivity index (χ0n) is 8.01. The van der Waals surface area contributed by atoms with E-state index in [9.17, 15) is 27.6 Å². The molecule has 0 rings (SSSR count). The quantitative estimate of drug-likeness (QED) is 0.731. The molecule has 0 saturated carbocycles. The molecule has 0 heterocycles. The molecule has 0 amide bonds. The van der Waals surface area contributed by atoms with Gasteiger partial charge in [-0.15, -0.1) is 0 Å². The maximum absolute atomic E-state index is 11.8. The molecule has 0 aliphatic rings. The smallest absolute Gasteiger partial charge is 0.450 e. The molecule has 0 aromatic heterocycles. The van der Waals surface area contributed by atoms with Gasteiger partial charge in [-0.3, -0.25) is 9.59 Å². The Hall–Kier alpha value is -1.40. The van der Waals surface area contributed by atoms with E-state index in [0.717, 1.165) is 13.8 Å². The Morgan fingerprint density at radius 1 is 1.13 bits per heavy atom. The Balaban J connectivity index is 4.73. The fourth-order valence-corrected chi connectivity index (χ4v) is 0.871. The summed E-state index contributed by atoms with van der Waals surface area (Å²) in [6.07, 6.45) is -6.21. The van der Waals surface area contributed by atoms with E-state index in [-0.39, 0.29) is 0 Å². The Morgan fingerprint density at radius 3 is 1.80 bits per heavy atom. The highest BCUT2D eigenvalue weighted by Crippen LogP contribution is 2.28. The molecule has 0 aromatic carbocycles. The lowest BCUT2D eigenvalue weighted by atomic mass is 9.82. The van der Waals surface area contributed by atoms with Crippen molar-refractivity contribution < 1.29 is 32.7 Å². The summed E-state index contributed by atoms with van der Waals surface area (Å²) in [5.41, 5.74) is -1.85. The van der Waals surface area contributed by atoms with Crippen molar-refractivity contribution in [2.24, 2.45) is 5.41 Å². The Morgan fingerprint density at radius 2 is 1.53 bits per heavy atom. The summed E-state index contributed by atoms with van der Waals surface area (Å²) in [4.78, 5) is 31.7. The largest absolute Gasteiger partial charge is 0.475 e. The van der Waals surface area contributed by atoms with E-state index in [2.05, 4.69) is 0 Å². The van der Waals surface area contributed by atoms with Crippen molar-refractivity contribution in [1.82, 2.24) is 0 Å². The number of rotatable bonds is 4. The lowest BCUT2D eigenvalue weighted by Crippen LogP contribution is -2.37. The number of carboxylic acids is 1. The molecule has 86 valence electrons. The van der Waals surface area contributed by atoms with Gasteiger partial charge in [-0.05, 0) is 0 Å². The van der Waals surface area contributed by atoms with E-state index < -0.39 is 35.5 Å². The van der Waals surface area contributed by atoms with Crippen LogP contribution in [0.25, 0.3) is 0 Å². The van der Waals surface area contributed by atoms with E-state index in [1.54, 1.807) is 0 Å². The van der Waals surface area contributed by atoms with Gasteiger partial charge in [-0.25, -0.2) is 4.79 Å². The first-order valence-corrected chi connectivity index (χ1v) is 3.86. The predicted molar refractivity (Wildman–Crippen MR) is 42.1 cm³/mol. The number of hydrogen-bond donors (Lipinski definition) is 1. The van der Waals surface area contributed by atoms with E-state index in [1.165, 1.54) is 0 Å². The molecule has 4 nitrogen and oxygen atoms in total. The summed E-state index contributed by atoms with van der Waals surface area (Å²) in [6, 6.07) is 0. The van der Waals surface area contributed by atoms with Crippen LogP contribution in [-0.2, 0) is 14.4 Å². The number of ketones is 2. The molecule has 0 aliphatic carbocycles. The minimum absolute atomic E-state index is 0.979. The standard InChI is InChI=1S/C8H9F3O4/c1-7(2,5(13)6(14)15)3-4(12)8(9,10)11/h3H2,1-2H3,(H,14,15). The minimum Gasteiger partial charge on any atom is -0.475 e. The van der Waals surface area contributed by atoms with Crippen LogP contribution < -0.4 is 0 Å². The van der Waals surface area contributed by atoms with Crippen molar-refractivity contribution in [2.75, 3.05) is 0 Å². The van der Waals surface area contributed by atoms with Gasteiger partial charge in [0.1, 0.15) is 0 Å². The normalized spacial score (nSPS) is 12.3. The average molecular weight is 226 g/mol. The topological polar surface area (TPSA) is 71.4 Å². The monoisotopic (exact) mass is 226 g/mol. The number of carbonyl (C=O) groups excluding carboxylic acids is 2. The van der Waals surface area contributed by atoms with Crippen molar-refractivity contribution in [2.45, 2.75) is 26.4 Å². The van der Waals surface area contributed by atoms with Crippen LogP contribution in [0.3, 0.4) is 0 Å². The second-order valence-corrected chi connectivity index (χ2v) is 3.62. The first-order valence-electron chi connectivity index (χ1n) is 3.86. The average Bonchev–Trinajstić information content (AvgIpc) is 2.00. The maximum atomic E-state index is 11.8. The van der Waals surface area contributed by atoms with Crippen LogP contribution in [0.5, 0.6) is 0 Å². The third-order valence-corrected chi connectivity index (χ3v) is 1.73. The number of carboxylic acid groups (broad SMARTS) is 1. The van der Waals surface area contributed by atoms with Crippen LogP contribution in [0.15, 0.2) is 0 Å². The lowest BCUT2D eigenvalue weighted by molar-refractivity contribution is -0.174. The number of halogens is 3. The molecule has 0 fully saturated rings. The number of carbonyl (C=O) groups is 3. The maximum Gasteiger partial charge on any atom is 0.450 e. The van der Waals surface area contributed by atoms with Gasteiger partial charge >= 0.3 is 12.1 Å². The first-order chi connectivity index (χ1) is 6.48. The molecular formula is C8H9F3O4. The fraction of sp³-hybridized carbons (Fsp3) is 0.625. The number of aliphatic carboxylic acids is 1. The minimum atomic E-state index is -5.05. The molecular weight excluding hydrogens is 217 g/mol. The summed E-state index contributed by atoms with van der Waals surface area (Å²) in [5.74, 6) is -5.38. The predicted octanol–water partition coefficient (Wildman–Crippen LogP) is 1.19. The number of hydrogen-bond acceptors (Lipinski definition) is 3. The van der Waals surface area contributed by atoms with Crippen LogP contribution in [0.4, 0.5) is 13.2 Å². The van der Waals surface area contributed by atoms with Gasteiger partial charge in [0.05, 0.1) is 0 Å². The molecule has 15 heavy (non-hydrogen) atoms. The van der Waals surface area contributed by atoms with Gasteiger partial charge in [0.2, 0.25) is 11.6 Å². The number of Topliss-reactive ketones (excluding diaryl/α,β-unsaturated/α-hetero) is 2. The van der Waals surface area contributed by atoms with E-state index in [0.29, 0.717) is 0 Å². The van der Waals surface area contributed by atoms with Gasteiger partial charge in [-0.1, -0.05) is 13.8 Å². The first kappa shape index (κ1) is 13.6. The lowest BCUT2D eigenvalue weighted by Gasteiger charge is -2.20. The Labute approximate surface area is 83.1 Å². The fourth-order valence-electron chi connectivity index (χ4n) is 0.871. The van der Waals surface area contributed by atoms with Crippen molar-refractivity contribution >= 4 is 17.5 Å². The molecule has 0 radical (unpaired) electrons. The van der Waals surface area contributed by atoms with E-state index in [4.69, 9.17) is 5.11 Å². The molecule has 0 atom stereocenters. The second-order valence-electron chi connectivity index (χ2n) is 3.62. The highest BCUT2D eigenvalue weighted by Gasteiger charge is 2.44. The van der Waals surface area contributed by atoms with Gasteiger partial charge < -0.3 is 5.11 Å². The SMILES string of the molecule is CC(C)(CC(=O)C(F)(F)F)C(=O)C(=O)O. The van der Waals surface area contributed by atoms with Gasteiger partial charge in [0.25, 0.3) is 0 Å². The summed E-state index contributed by atoms with van der Waals surface area (Å²) >= 11 is 0. The highest BCUT2D eigenvalue weighted by atomic mass is 19.4. The van der Waals surface area contributed by atoms with Crippen molar-refractivity contribution in [3.63, 3.8) is 0 Å². The second kappa shape index (κ2) is 4.00. The molecule has 0 spiro atoms. The van der Waals surface area contributed by atoms with Gasteiger partial charge in [0, 0.05) is 11.8 Å². The third kappa shape index (κ3) is 3.69. The zero-order chi connectivity index (χ0) is 12.4. The summed E-state index contributed by atoms with van der Waals surface area (Å²) < 4.78 is 35.5. The third-order valence-electron chi connectivity index (χ3n) is 1.73. The summed E-state index contributed by atoms with van der Waals surface area (Å²) in [7, 11) is 0. The summed E-state index contributed by atoms with van der Waals surface area (Å²) in [5, 5.41) is 8.29. The zero-order valence-corrected chi connectivity index (χ0v) is 8.01. The van der Waals surface area contributed by atoms with Crippen LogP contribution in [0.1, 0.15) is 20.3 Å². The molecule has 0 unspecified atom stereocenters. The molecule has 0 saturated heterocycles. The Kier molecular flexibility index (Phi) is 3.62. The van der Waals surface area contributed by atoms with Crippen LogP contribution in [0, 0.1) is 5.41 Å².